The maximum absolute atomic E-state index is 11.1. The van der Waals surface area contributed by atoms with Crippen LogP contribution >= 0.6 is 24.0 Å². The number of sulfone groups is 1. The maximum atomic E-state index is 11.1. The van der Waals surface area contributed by atoms with Crippen LogP contribution in [0, 0.1) is 6.92 Å². The number of rotatable bonds is 9. The zero-order chi connectivity index (χ0) is 20.4. The fourth-order valence-corrected chi connectivity index (χ4v) is 3.63. The summed E-state index contributed by atoms with van der Waals surface area (Å²) in [6.45, 7) is 6.59. The van der Waals surface area contributed by atoms with Gasteiger partial charge in [-0.15, -0.1) is 24.0 Å². The molecular formula is C20H35IN4O3S. The van der Waals surface area contributed by atoms with E-state index < -0.39 is 9.84 Å². The molecule has 0 radical (unpaired) electrons. The molecule has 166 valence electrons. The Hall–Kier alpha value is -0.910. The van der Waals surface area contributed by atoms with Crippen LogP contribution in [0.3, 0.4) is 0 Å². The number of piperidine rings is 1. The van der Waals surface area contributed by atoms with Crippen molar-refractivity contribution in [3.63, 3.8) is 0 Å². The molecule has 2 rings (SSSR count). The van der Waals surface area contributed by atoms with E-state index in [0.29, 0.717) is 19.2 Å². The van der Waals surface area contributed by atoms with E-state index in [4.69, 9.17) is 4.74 Å². The second-order valence-electron chi connectivity index (χ2n) is 7.36. The molecular weight excluding hydrogens is 503 g/mol. The number of benzene rings is 1. The summed E-state index contributed by atoms with van der Waals surface area (Å²) in [5, 5.41) is 6.70. The predicted octanol–water partition coefficient (Wildman–Crippen LogP) is 1.80. The van der Waals surface area contributed by atoms with Crippen molar-refractivity contribution in [2.75, 3.05) is 51.9 Å². The van der Waals surface area contributed by atoms with Crippen molar-refractivity contribution < 1.29 is 13.2 Å². The molecule has 1 aliphatic heterocycles. The van der Waals surface area contributed by atoms with E-state index in [1.807, 2.05) is 0 Å². The number of nitrogens with one attached hydrogen (secondary N) is 2. The zero-order valence-electron chi connectivity index (χ0n) is 17.7. The van der Waals surface area contributed by atoms with Crippen molar-refractivity contribution >= 4 is 39.8 Å². The van der Waals surface area contributed by atoms with Crippen molar-refractivity contribution in [3.05, 3.63) is 35.4 Å². The second kappa shape index (κ2) is 13.4. The Kier molecular flexibility index (Phi) is 12.1. The molecule has 1 fully saturated rings. The summed E-state index contributed by atoms with van der Waals surface area (Å²) >= 11 is 0. The number of aryl methyl sites for hydroxylation is 1. The summed E-state index contributed by atoms with van der Waals surface area (Å²) in [5.74, 6) is 0.824. The molecule has 1 heterocycles. The Bertz CT molecular complexity index is 735. The standard InChI is InChI=1S/C20H34N4O3S.HI/c1-17-6-4-5-7-18(17)16-24-11-8-19(9-12-24)23-20(21-2)22-10-13-27-14-15-28(3,25)26;/h4-7,19H,8-16H2,1-3H3,(H2,21,22,23);1H. The lowest BCUT2D eigenvalue weighted by Crippen LogP contribution is -2.49. The summed E-state index contributed by atoms with van der Waals surface area (Å²) in [6.07, 6.45) is 3.38. The normalized spacial score (nSPS) is 16.3. The lowest BCUT2D eigenvalue weighted by atomic mass is 10.0. The number of guanidine groups is 1. The average Bonchev–Trinajstić information content (AvgIpc) is 2.66. The van der Waals surface area contributed by atoms with Gasteiger partial charge in [-0.3, -0.25) is 9.89 Å². The van der Waals surface area contributed by atoms with E-state index in [2.05, 4.69) is 51.7 Å². The highest BCUT2D eigenvalue weighted by Crippen LogP contribution is 2.16. The van der Waals surface area contributed by atoms with E-state index in [1.165, 1.54) is 17.4 Å². The van der Waals surface area contributed by atoms with Crippen LogP contribution < -0.4 is 10.6 Å². The van der Waals surface area contributed by atoms with Gasteiger partial charge in [0.2, 0.25) is 0 Å². The number of halogens is 1. The smallest absolute Gasteiger partial charge is 0.191 e. The van der Waals surface area contributed by atoms with E-state index in [0.717, 1.165) is 38.4 Å². The molecule has 1 aromatic rings. The molecule has 0 bridgehead atoms. The van der Waals surface area contributed by atoms with E-state index in [1.54, 1.807) is 7.05 Å². The molecule has 1 aliphatic rings. The third kappa shape index (κ3) is 10.6. The molecule has 2 N–H and O–H groups in total. The summed E-state index contributed by atoms with van der Waals surface area (Å²) in [5.41, 5.74) is 2.76. The highest BCUT2D eigenvalue weighted by molar-refractivity contribution is 14.0. The molecule has 0 saturated carbocycles. The minimum Gasteiger partial charge on any atom is -0.379 e. The Balaban J connectivity index is 0.00000420. The molecule has 0 amide bonds. The van der Waals surface area contributed by atoms with Crippen LogP contribution in [0.25, 0.3) is 0 Å². The third-order valence-electron chi connectivity index (χ3n) is 4.94. The summed E-state index contributed by atoms with van der Waals surface area (Å²) in [7, 11) is -1.21. The molecule has 0 unspecified atom stereocenters. The van der Waals surface area contributed by atoms with Gasteiger partial charge in [-0.2, -0.15) is 0 Å². The first-order valence-electron chi connectivity index (χ1n) is 9.87. The zero-order valence-corrected chi connectivity index (χ0v) is 20.8. The minimum absolute atomic E-state index is 0. The maximum Gasteiger partial charge on any atom is 0.191 e. The van der Waals surface area contributed by atoms with Gasteiger partial charge in [0.1, 0.15) is 9.84 Å². The molecule has 0 atom stereocenters. The van der Waals surface area contributed by atoms with E-state index >= 15 is 0 Å². The van der Waals surface area contributed by atoms with Gasteiger partial charge in [0, 0.05) is 45.5 Å². The topological polar surface area (TPSA) is 83.0 Å². The minimum atomic E-state index is -2.96. The van der Waals surface area contributed by atoms with Gasteiger partial charge in [-0.1, -0.05) is 24.3 Å². The molecule has 0 aliphatic carbocycles. The summed E-state index contributed by atoms with van der Waals surface area (Å²) in [6, 6.07) is 8.99. The first kappa shape index (κ1) is 26.1. The van der Waals surface area contributed by atoms with Crippen molar-refractivity contribution in [2.24, 2.45) is 4.99 Å². The van der Waals surface area contributed by atoms with Crippen molar-refractivity contribution in [3.8, 4) is 0 Å². The van der Waals surface area contributed by atoms with Crippen LogP contribution in [0.5, 0.6) is 0 Å². The van der Waals surface area contributed by atoms with Crippen molar-refractivity contribution in [1.82, 2.24) is 15.5 Å². The predicted molar refractivity (Wildman–Crippen MR) is 130 cm³/mol. The van der Waals surface area contributed by atoms with Crippen molar-refractivity contribution in [1.29, 1.82) is 0 Å². The summed E-state index contributed by atoms with van der Waals surface area (Å²) in [4.78, 5) is 6.77. The van der Waals surface area contributed by atoms with Crippen LogP contribution in [-0.2, 0) is 21.1 Å². The van der Waals surface area contributed by atoms with Gasteiger partial charge in [-0.05, 0) is 30.9 Å². The lowest BCUT2D eigenvalue weighted by molar-refractivity contribution is 0.153. The SMILES string of the molecule is CN=C(NCCOCCS(C)(=O)=O)NC1CCN(Cc2ccccc2C)CC1.I. The molecule has 1 saturated heterocycles. The number of nitrogens with zero attached hydrogens (tertiary/aromatic N) is 2. The number of likely N-dealkylation sites (tertiary alicyclic amines) is 1. The van der Waals surface area contributed by atoms with Gasteiger partial charge in [-0.25, -0.2) is 8.42 Å². The fourth-order valence-electron chi connectivity index (χ4n) is 3.21. The first-order chi connectivity index (χ1) is 13.4. The van der Waals surface area contributed by atoms with E-state index in [-0.39, 0.29) is 36.3 Å². The fraction of sp³-hybridized carbons (Fsp3) is 0.650. The highest BCUT2D eigenvalue weighted by atomic mass is 127. The molecule has 0 spiro atoms. The quantitative estimate of drug-likeness (QED) is 0.216. The third-order valence-corrected chi connectivity index (χ3v) is 5.85. The monoisotopic (exact) mass is 538 g/mol. The van der Waals surface area contributed by atoms with Gasteiger partial charge in [0.05, 0.1) is 19.0 Å². The Morgan fingerprint density at radius 2 is 1.93 bits per heavy atom. The van der Waals surface area contributed by atoms with Crippen LogP contribution in [0.2, 0.25) is 0 Å². The van der Waals surface area contributed by atoms with E-state index in [9.17, 15) is 8.42 Å². The Labute approximate surface area is 192 Å². The first-order valence-corrected chi connectivity index (χ1v) is 11.9. The molecule has 9 heteroatoms. The highest BCUT2D eigenvalue weighted by Gasteiger charge is 2.20. The molecule has 29 heavy (non-hydrogen) atoms. The van der Waals surface area contributed by atoms with Crippen LogP contribution in [-0.4, -0.2) is 77.2 Å². The molecule has 0 aromatic heterocycles. The average molecular weight is 538 g/mol. The summed E-state index contributed by atoms with van der Waals surface area (Å²) < 4.78 is 27.5. The number of hydrogen-bond donors (Lipinski definition) is 2. The lowest BCUT2D eigenvalue weighted by Gasteiger charge is -2.33. The molecule has 7 nitrogen and oxygen atoms in total. The Morgan fingerprint density at radius 3 is 2.55 bits per heavy atom. The number of aliphatic imine (C=N–C) groups is 1. The van der Waals surface area contributed by atoms with Gasteiger partial charge in [0.25, 0.3) is 0 Å². The van der Waals surface area contributed by atoms with Gasteiger partial charge >= 0.3 is 0 Å². The number of ether oxygens (including phenoxy) is 1. The Morgan fingerprint density at radius 1 is 1.24 bits per heavy atom. The van der Waals surface area contributed by atoms with Gasteiger partial charge < -0.3 is 15.4 Å². The number of hydrogen-bond acceptors (Lipinski definition) is 5. The van der Waals surface area contributed by atoms with Gasteiger partial charge in [0.15, 0.2) is 5.96 Å². The second-order valence-corrected chi connectivity index (χ2v) is 9.62. The molecule has 1 aromatic carbocycles. The van der Waals surface area contributed by atoms with Crippen LogP contribution in [0.1, 0.15) is 24.0 Å². The van der Waals surface area contributed by atoms with Crippen LogP contribution in [0.15, 0.2) is 29.3 Å². The largest absolute Gasteiger partial charge is 0.379 e. The van der Waals surface area contributed by atoms with Crippen LogP contribution in [0.4, 0.5) is 0 Å². The van der Waals surface area contributed by atoms with Crippen molar-refractivity contribution in [2.45, 2.75) is 32.4 Å².